The van der Waals surface area contributed by atoms with E-state index < -0.39 is 11.4 Å². The van der Waals surface area contributed by atoms with Crippen molar-refractivity contribution in [3.05, 3.63) is 35.9 Å². The summed E-state index contributed by atoms with van der Waals surface area (Å²) in [5, 5.41) is 19.6. The van der Waals surface area contributed by atoms with E-state index in [0.717, 1.165) is 5.56 Å². The molecular formula is C17H24O3. The van der Waals surface area contributed by atoms with Crippen molar-refractivity contribution in [1.29, 1.82) is 0 Å². The number of carbonyl (C=O) groups is 1. The lowest BCUT2D eigenvalue weighted by molar-refractivity contribution is -0.155. The number of benzene rings is 1. The van der Waals surface area contributed by atoms with E-state index in [2.05, 4.69) is 13.8 Å². The molecular weight excluding hydrogens is 252 g/mol. The smallest absolute Gasteiger partial charge is 0.310 e. The normalized spacial score (nSPS) is 28.3. The van der Waals surface area contributed by atoms with Gasteiger partial charge in [0.15, 0.2) is 0 Å². The molecule has 1 aliphatic rings. The van der Waals surface area contributed by atoms with E-state index in [1.54, 1.807) is 0 Å². The zero-order chi connectivity index (χ0) is 14.8. The molecule has 1 aliphatic carbocycles. The zero-order valence-corrected chi connectivity index (χ0v) is 12.2. The Morgan fingerprint density at radius 1 is 1.20 bits per heavy atom. The Bertz CT molecular complexity index is 445. The number of carboxylic acids is 1. The molecule has 0 radical (unpaired) electrons. The van der Waals surface area contributed by atoms with Crippen LogP contribution in [0.25, 0.3) is 0 Å². The monoisotopic (exact) mass is 276 g/mol. The Hall–Kier alpha value is -1.35. The quantitative estimate of drug-likeness (QED) is 0.885. The number of aliphatic hydroxyl groups excluding tert-OH is 1. The van der Waals surface area contributed by atoms with Crippen molar-refractivity contribution in [2.24, 2.45) is 11.3 Å². The fourth-order valence-electron chi connectivity index (χ4n) is 3.78. The molecule has 1 aromatic carbocycles. The zero-order valence-electron chi connectivity index (χ0n) is 12.2. The van der Waals surface area contributed by atoms with Gasteiger partial charge in [-0.15, -0.1) is 0 Å². The highest BCUT2D eigenvalue weighted by atomic mass is 16.4. The molecule has 1 saturated carbocycles. The van der Waals surface area contributed by atoms with Gasteiger partial charge in [0.25, 0.3) is 0 Å². The van der Waals surface area contributed by atoms with Gasteiger partial charge in [0.1, 0.15) is 0 Å². The van der Waals surface area contributed by atoms with E-state index in [1.807, 2.05) is 30.3 Å². The predicted molar refractivity (Wildman–Crippen MR) is 78.6 cm³/mol. The van der Waals surface area contributed by atoms with Crippen molar-refractivity contribution in [1.82, 2.24) is 0 Å². The molecule has 1 fully saturated rings. The van der Waals surface area contributed by atoms with Gasteiger partial charge in [-0.2, -0.15) is 0 Å². The van der Waals surface area contributed by atoms with Gasteiger partial charge in [-0.1, -0.05) is 44.2 Å². The molecule has 0 saturated heterocycles. The van der Waals surface area contributed by atoms with Gasteiger partial charge in [-0.05, 0) is 37.2 Å². The van der Waals surface area contributed by atoms with Gasteiger partial charge in [0.2, 0.25) is 0 Å². The maximum absolute atomic E-state index is 12.0. The molecule has 3 nitrogen and oxygen atoms in total. The third-order valence-corrected chi connectivity index (χ3v) is 4.69. The molecule has 2 rings (SSSR count). The summed E-state index contributed by atoms with van der Waals surface area (Å²) in [5.41, 5.74) is 0.357. The lowest BCUT2D eigenvalue weighted by atomic mass is 9.60. The van der Waals surface area contributed by atoms with Gasteiger partial charge < -0.3 is 10.2 Å². The second kappa shape index (κ2) is 5.96. The fourth-order valence-corrected chi connectivity index (χ4v) is 3.78. The number of hydrogen-bond acceptors (Lipinski definition) is 2. The fraction of sp³-hybridized carbons (Fsp3) is 0.588. The Morgan fingerprint density at radius 3 is 2.20 bits per heavy atom. The highest BCUT2D eigenvalue weighted by molar-refractivity contribution is 5.76. The number of hydrogen-bond donors (Lipinski definition) is 2. The minimum Gasteiger partial charge on any atom is -0.481 e. The van der Waals surface area contributed by atoms with Crippen LogP contribution in [-0.2, 0) is 4.79 Å². The highest BCUT2D eigenvalue weighted by Gasteiger charge is 2.49. The lowest BCUT2D eigenvalue weighted by Crippen LogP contribution is -2.43. The van der Waals surface area contributed by atoms with Crippen LogP contribution in [-0.4, -0.2) is 22.3 Å². The first-order valence-corrected chi connectivity index (χ1v) is 7.44. The third-order valence-electron chi connectivity index (χ3n) is 4.69. The molecule has 3 heteroatoms. The van der Waals surface area contributed by atoms with Crippen molar-refractivity contribution in [2.45, 2.75) is 51.6 Å². The largest absolute Gasteiger partial charge is 0.481 e. The van der Waals surface area contributed by atoms with Crippen LogP contribution in [0.15, 0.2) is 30.3 Å². The van der Waals surface area contributed by atoms with Crippen molar-refractivity contribution in [3.63, 3.8) is 0 Å². The number of carboxylic acid groups (broad SMARTS) is 1. The maximum atomic E-state index is 12.0. The predicted octanol–water partition coefficient (Wildman–Crippen LogP) is 3.43. The number of rotatable bonds is 4. The van der Waals surface area contributed by atoms with E-state index in [4.69, 9.17) is 0 Å². The summed E-state index contributed by atoms with van der Waals surface area (Å²) < 4.78 is 0. The van der Waals surface area contributed by atoms with Gasteiger partial charge >= 0.3 is 5.97 Å². The lowest BCUT2D eigenvalue weighted by Gasteiger charge is -2.43. The molecule has 0 aromatic heterocycles. The first kappa shape index (κ1) is 15.0. The van der Waals surface area contributed by atoms with E-state index in [1.165, 1.54) is 0 Å². The summed E-state index contributed by atoms with van der Waals surface area (Å²) in [6.45, 7) is 4.18. The molecule has 20 heavy (non-hydrogen) atoms. The summed E-state index contributed by atoms with van der Waals surface area (Å²) in [6, 6.07) is 9.95. The number of aliphatic carboxylic acids is 1. The van der Waals surface area contributed by atoms with Crippen LogP contribution in [0.3, 0.4) is 0 Å². The first-order chi connectivity index (χ1) is 9.47. The minimum absolute atomic E-state index is 0.00583. The summed E-state index contributed by atoms with van der Waals surface area (Å²) in [5.74, 6) is -0.468. The van der Waals surface area contributed by atoms with E-state index in [-0.39, 0.29) is 17.9 Å². The molecule has 1 unspecified atom stereocenters. The molecule has 0 heterocycles. The highest BCUT2D eigenvalue weighted by Crippen LogP contribution is 2.50. The number of aliphatic hydroxyl groups is 1. The van der Waals surface area contributed by atoms with Crippen LogP contribution in [0.4, 0.5) is 0 Å². The molecule has 0 aliphatic heterocycles. The van der Waals surface area contributed by atoms with Crippen LogP contribution in [0.1, 0.15) is 51.0 Å². The molecule has 1 atom stereocenters. The second-order valence-electron chi connectivity index (χ2n) is 6.32. The molecule has 2 N–H and O–H groups in total. The van der Waals surface area contributed by atoms with Gasteiger partial charge in [0, 0.05) is 5.92 Å². The minimum atomic E-state index is -0.741. The van der Waals surface area contributed by atoms with Crippen molar-refractivity contribution < 1.29 is 15.0 Å². The molecule has 0 amide bonds. The van der Waals surface area contributed by atoms with E-state index in [9.17, 15) is 15.0 Å². The standard InChI is InChI=1S/C17H24O3/c1-12(2)15(13-6-4-3-5-7-13)17(16(19)20)10-8-14(18)9-11-17/h3-7,12,14-15,18H,8-11H2,1-2H3,(H,19,20). The van der Waals surface area contributed by atoms with Crippen LogP contribution in [0, 0.1) is 11.3 Å². The van der Waals surface area contributed by atoms with Crippen molar-refractivity contribution in [3.8, 4) is 0 Å². The van der Waals surface area contributed by atoms with Gasteiger partial charge in [-0.25, -0.2) is 0 Å². The topological polar surface area (TPSA) is 57.5 Å². The Kier molecular flexibility index (Phi) is 4.48. The summed E-state index contributed by atoms with van der Waals surface area (Å²) in [7, 11) is 0. The second-order valence-corrected chi connectivity index (χ2v) is 6.32. The van der Waals surface area contributed by atoms with Gasteiger partial charge in [0.05, 0.1) is 11.5 Å². The Labute approximate surface area is 120 Å². The summed E-state index contributed by atoms with van der Waals surface area (Å²) >= 11 is 0. The van der Waals surface area contributed by atoms with E-state index >= 15 is 0 Å². The third kappa shape index (κ3) is 2.73. The van der Waals surface area contributed by atoms with Crippen molar-refractivity contribution in [2.75, 3.05) is 0 Å². The average Bonchev–Trinajstić information content (AvgIpc) is 2.42. The summed E-state index contributed by atoms with van der Waals surface area (Å²) in [6.07, 6.45) is 1.94. The average molecular weight is 276 g/mol. The maximum Gasteiger partial charge on any atom is 0.310 e. The first-order valence-electron chi connectivity index (χ1n) is 7.44. The van der Waals surface area contributed by atoms with Crippen LogP contribution >= 0.6 is 0 Å². The molecule has 0 bridgehead atoms. The molecule has 0 spiro atoms. The Balaban J connectivity index is 2.41. The molecule has 110 valence electrons. The van der Waals surface area contributed by atoms with Gasteiger partial charge in [-0.3, -0.25) is 4.79 Å². The molecule has 1 aromatic rings. The van der Waals surface area contributed by atoms with E-state index in [0.29, 0.717) is 25.7 Å². The van der Waals surface area contributed by atoms with Crippen molar-refractivity contribution >= 4 is 5.97 Å². The summed E-state index contributed by atoms with van der Waals surface area (Å²) in [4.78, 5) is 12.0. The van der Waals surface area contributed by atoms with Crippen LogP contribution in [0.5, 0.6) is 0 Å². The Morgan fingerprint density at radius 2 is 1.75 bits per heavy atom. The SMILES string of the molecule is CC(C)C(c1ccccc1)C1(C(=O)O)CCC(O)CC1. The van der Waals surface area contributed by atoms with Crippen LogP contribution < -0.4 is 0 Å². The van der Waals surface area contributed by atoms with Crippen LogP contribution in [0.2, 0.25) is 0 Å².